The number of nitrogens with two attached hydrogens (primary N) is 1. The first kappa shape index (κ1) is 17.3. The van der Waals surface area contributed by atoms with Crippen molar-refractivity contribution in [1.82, 2.24) is 4.90 Å². The molecule has 0 amide bonds. The predicted molar refractivity (Wildman–Crippen MR) is 94.8 cm³/mol. The van der Waals surface area contributed by atoms with Crippen molar-refractivity contribution in [3.05, 3.63) is 33.3 Å². The first-order valence-electron chi connectivity index (χ1n) is 7.94. The summed E-state index contributed by atoms with van der Waals surface area (Å²) in [5.74, 6) is 0. The van der Waals surface area contributed by atoms with Crippen LogP contribution in [0.2, 0.25) is 5.02 Å². The fourth-order valence-corrected chi connectivity index (χ4v) is 4.00. The van der Waals surface area contributed by atoms with Crippen molar-refractivity contribution >= 4 is 27.5 Å². The SMILES string of the molecule is CCC1(CC)CCN(C(CN)c2ccc(Cl)c(Br)c2)CC1. The van der Waals surface area contributed by atoms with E-state index in [0.29, 0.717) is 18.0 Å². The number of hydrogen-bond donors (Lipinski definition) is 1. The molecule has 0 radical (unpaired) electrons. The Kier molecular flexibility index (Phi) is 6.13. The average Bonchev–Trinajstić information content (AvgIpc) is 2.52. The molecule has 1 aliphatic rings. The molecule has 21 heavy (non-hydrogen) atoms. The summed E-state index contributed by atoms with van der Waals surface area (Å²) in [5.41, 5.74) is 7.88. The smallest absolute Gasteiger partial charge is 0.0548 e. The summed E-state index contributed by atoms with van der Waals surface area (Å²) in [5, 5.41) is 0.754. The molecular weight excluding hydrogens is 348 g/mol. The molecule has 1 atom stereocenters. The Morgan fingerprint density at radius 1 is 1.29 bits per heavy atom. The van der Waals surface area contributed by atoms with Crippen LogP contribution in [-0.4, -0.2) is 24.5 Å². The van der Waals surface area contributed by atoms with Crippen LogP contribution in [0.15, 0.2) is 22.7 Å². The first-order valence-corrected chi connectivity index (χ1v) is 9.11. The lowest BCUT2D eigenvalue weighted by atomic mass is 9.74. The van der Waals surface area contributed by atoms with Crippen molar-refractivity contribution < 1.29 is 0 Å². The van der Waals surface area contributed by atoms with Crippen molar-refractivity contribution in [3.8, 4) is 0 Å². The molecule has 118 valence electrons. The number of benzene rings is 1. The molecule has 1 aromatic rings. The Morgan fingerprint density at radius 3 is 2.38 bits per heavy atom. The fourth-order valence-electron chi connectivity index (χ4n) is 3.48. The topological polar surface area (TPSA) is 29.3 Å². The van der Waals surface area contributed by atoms with Gasteiger partial charge < -0.3 is 5.73 Å². The van der Waals surface area contributed by atoms with Crippen LogP contribution in [0.4, 0.5) is 0 Å². The van der Waals surface area contributed by atoms with Crippen molar-refractivity contribution in [1.29, 1.82) is 0 Å². The summed E-state index contributed by atoms with van der Waals surface area (Å²) in [6, 6.07) is 6.47. The molecule has 0 aromatic heterocycles. The van der Waals surface area contributed by atoms with Crippen LogP contribution >= 0.6 is 27.5 Å². The molecule has 2 rings (SSSR count). The van der Waals surface area contributed by atoms with E-state index in [1.54, 1.807) is 0 Å². The zero-order chi connectivity index (χ0) is 15.5. The highest BCUT2D eigenvalue weighted by atomic mass is 79.9. The summed E-state index contributed by atoms with van der Waals surface area (Å²) in [6.07, 6.45) is 5.14. The highest BCUT2D eigenvalue weighted by Crippen LogP contribution is 2.40. The van der Waals surface area contributed by atoms with Gasteiger partial charge in [-0.2, -0.15) is 0 Å². The van der Waals surface area contributed by atoms with Gasteiger partial charge in [0.1, 0.15) is 0 Å². The van der Waals surface area contributed by atoms with E-state index in [2.05, 4.69) is 46.8 Å². The van der Waals surface area contributed by atoms with Crippen LogP contribution in [0.3, 0.4) is 0 Å². The maximum absolute atomic E-state index is 6.10. The lowest BCUT2D eigenvalue weighted by Crippen LogP contribution is -2.43. The molecule has 1 saturated heterocycles. The van der Waals surface area contributed by atoms with E-state index in [4.69, 9.17) is 17.3 Å². The average molecular weight is 374 g/mol. The quantitative estimate of drug-likeness (QED) is 0.786. The Hall–Kier alpha value is -0.0900. The Balaban J connectivity index is 2.11. The van der Waals surface area contributed by atoms with Crippen molar-refractivity contribution in [3.63, 3.8) is 0 Å². The van der Waals surface area contributed by atoms with Gasteiger partial charge in [0.15, 0.2) is 0 Å². The maximum atomic E-state index is 6.10. The molecule has 1 heterocycles. The number of nitrogens with zero attached hydrogens (tertiary/aromatic N) is 1. The Labute approximate surface area is 142 Å². The van der Waals surface area contributed by atoms with Gasteiger partial charge in [0, 0.05) is 17.1 Å². The van der Waals surface area contributed by atoms with E-state index < -0.39 is 0 Å². The third-order valence-corrected chi connectivity index (χ3v) is 6.57. The molecule has 1 unspecified atom stereocenters. The second kappa shape index (κ2) is 7.45. The molecule has 1 aliphatic heterocycles. The van der Waals surface area contributed by atoms with Gasteiger partial charge in [-0.25, -0.2) is 0 Å². The van der Waals surface area contributed by atoms with Gasteiger partial charge in [0.2, 0.25) is 0 Å². The van der Waals surface area contributed by atoms with E-state index in [0.717, 1.165) is 22.6 Å². The third kappa shape index (κ3) is 3.82. The van der Waals surface area contributed by atoms with Crippen LogP contribution < -0.4 is 5.73 Å². The van der Waals surface area contributed by atoms with Crippen LogP contribution in [0.1, 0.15) is 51.1 Å². The van der Waals surface area contributed by atoms with Gasteiger partial charge >= 0.3 is 0 Å². The molecule has 2 N–H and O–H groups in total. The van der Waals surface area contributed by atoms with E-state index in [9.17, 15) is 0 Å². The van der Waals surface area contributed by atoms with Crippen LogP contribution in [-0.2, 0) is 0 Å². The van der Waals surface area contributed by atoms with E-state index in [1.807, 2.05) is 6.07 Å². The minimum atomic E-state index is 0.297. The summed E-state index contributed by atoms with van der Waals surface area (Å²) in [7, 11) is 0. The van der Waals surface area contributed by atoms with Gasteiger partial charge in [-0.1, -0.05) is 44.4 Å². The lowest BCUT2D eigenvalue weighted by molar-refractivity contribution is 0.0679. The van der Waals surface area contributed by atoms with Gasteiger partial charge in [0.05, 0.1) is 5.02 Å². The fraction of sp³-hybridized carbons (Fsp3) is 0.647. The van der Waals surface area contributed by atoms with Gasteiger partial charge in [0.25, 0.3) is 0 Å². The molecule has 0 spiro atoms. The maximum Gasteiger partial charge on any atom is 0.0548 e. The predicted octanol–water partition coefficient (Wildman–Crippen LogP) is 5.00. The van der Waals surface area contributed by atoms with Crippen LogP contribution in [0, 0.1) is 5.41 Å². The van der Waals surface area contributed by atoms with Crippen molar-refractivity contribution in [2.75, 3.05) is 19.6 Å². The molecule has 1 aromatic carbocycles. The summed E-state index contributed by atoms with van der Waals surface area (Å²) in [4.78, 5) is 2.54. The summed E-state index contributed by atoms with van der Waals surface area (Å²) < 4.78 is 0.952. The number of rotatable bonds is 5. The van der Waals surface area contributed by atoms with Crippen LogP contribution in [0.25, 0.3) is 0 Å². The highest BCUT2D eigenvalue weighted by Gasteiger charge is 2.33. The van der Waals surface area contributed by atoms with Gasteiger partial charge in [-0.3, -0.25) is 4.90 Å². The second-order valence-electron chi connectivity index (χ2n) is 6.17. The van der Waals surface area contributed by atoms with Gasteiger partial charge in [-0.15, -0.1) is 0 Å². The molecule has 0 bridgehead atoms. The number of hydrogen-bond acceptors (Lipinski definition) is 2. The van der Waals surface area contributed by atoms with Crippen LogP contribution in [0.5, 0.6) is 0 Å². The Morgan fingerprint density at radius 2 is 1.90 bits per heavy atom. The number of piperidine rings is 1. The third-order valence-electron chi connectivity index (χ3n) is 5.35. The normalized spacial score (nSPS) is 20.4. The molecule has 0 aliphatic carbocycles. The van der Waals surface area contributed by atoms with E-state index in [1.165, 1.54) is 31.2 Å². The zero-order valence-electron chi connectivity index (χ0n) is 13.0. The second-order valence-corrected chi connectivity index (χ2v) is 7.43. The number of halogens is 2. The minimum Gasteiger partial charge on any atom is -0.329 e. The monoisotopic (exact) mass is 372 g/mol. The lowest BCUT2D eigenvalue weighted by Gasteiger charge is -2.44. The van der Waals surface area contributed by atoms with Crippen molar-refractivity contribution in [2.24, 2.45) is 11.1 Å². The van der Waals surface area contributed by atoms with Gasteiger partial charge in [-0.05, 0) is 65.0 Å². The molecule has 4 heteroatoms. The molecule has 1 fully saturated rings. The molecule has 0 saturated carbocycles. The minimum absolute atomic E-state index is 0.297. The van der Waals surface area contributed by atoms with Crippen molar-refractivity contribution in [2.45, 2.75) is 45.6 Å². The molecular formula is C17H26BrClN2. The number of likely N-dealkylation sites (tertiary alicyclic amines) is 1. The van der Waals surface area contributed by atoms with E-state index in [-0.39, 0.29) is 0 Å². The Bertz CT molecular complexity index is 464. The first-order chi connectivity index (χ1) is 10.0. The van der Waals surface area contributed by atoms with E-state index >= 15 is 0 Å². The summed E-state index contributed by atoms with van der Waals surface area (Å²) >= 11 is 9.61. The standard InChI is InChI=1S/C17H26BrClN2/c1-3-17(4-2)7-9-21(10-8-17)16(12-20)13-5-6-15(19)14(18)11-13/h5-6,11,16H,3-4,7-10,12,20H2,1-2H3. The summed E-state index contributed by atoms with van der Waals surface area (Å²) in [6.45, 7) is 7.60. The largest absolute Gasteiger partial charge is 0.329 e. The molecule has 2 nitrogen and oxygen atoms in total. The zero-order valence-corrected chi connectivity index (χ0v) is 15.4. The highest BCUT2D eigenvalue weighted by molar-refractivity contribution is 9.10.